The van der Waals surface area contributed by atoms with Gasteiger partial charge in [0, 0.05) is 12.1 Å². The highest BCUT2D eigenvalue weighted by Gasteiger charge is 2.32. The zero-order chi connectivity index (χ0) is 12.3. The van der Waals surface area contributed by atoms with Gasteiger partial charge in [-0.05, 0) is 36.7 Å². The predicted octanol–water partition coefficient (Wildman–Crippen LogP) is 4.16. The second-order valence-electron chi connectivity index (χ2n) is 5.65. The second-order valence-corrected chi connectivity index (χ2v) is 5.65. The molecule has 0 aromatic heterocycles. The smallest absolute Gasteiger partial charge is 0.0345 e. The van der Waals surface area contributed by atoms with Crippen LogP contribution < -0.4 is 5.32 Å². The van der Waals surface area contributed by atoms with Gasteiger partial charge >= 0.3 is 0 Å². The van der Waals surface area contributed by atoms with Crippen LogP contribution in [0.3, 0.4) is 0 Å². The standard InChI is InChI=1S/C16H25N/c1-4-15(13-10-11-13)17-16(12(2)3)14-8-6-5-7-9-14/h5-9,12-13,15-17H,4,10-11H2,1-3H3. The maximum atomic E-state index is 3.88. The van der Waals surface area contributed by atoms with E-state index < -0.39 is 0 Å². The van der Waals surface area contributed by atoms with Crippen molar-refractivity contribution in [2.75, 3.05) is 0 Å². The number of hydrogen-bond acceptors (Lipinski definition) is 1. The van der Waals surface area contributed by atoms with E-state index in [1.165, 1.54) is 24.8 Å². The topological polar surface area (TPSA) is 12.0 Å². The fourth-order valence-corrected chi connectivity index (χ4v) is 2.65. The van der Waals surface area contributed by atoms with Crippen LogP contribution in [0.4, 0.5) is 0 Å². The molecule has 1 aromatic carbocycles. The Labute approximate surface area is 106 Å². The van der Waals surface area contributed by atoms with Gasteiger partial charge in [0.05, 0.1) is 0 Å². The largest absolute Gasteiger partial charge is 0.307 e. The van der Waals surface area contributed by atoms with Crippen LogP contribution in [0.1, 0.15) is 51.6 Å². The summed E-state index contributed by atoms with van der Waals surface area (Å²) in [6.45, 7) is 6.92. The average Bonchev–Trinajstić information content (AvgIpc) is 3.15. The molecule has 1 fully saturated rings. The molecule has 1 heteroatoms. The maximum Gasteiger partial charge on any atom is 0.0345 e. The van der Waals surface area contributed by atoms with E-state index in [-0.39, 0.29) is 0 Å². The summed E-state index contributed by atoms with van der Waals surface area (Å²) in [5.41, 5.74) is 1.43. The highest BCUT2D eigenvalue weighted by Crippen LogP contribution is 2.36. The van der Waals surface area contributed by atoms with E-state index in [1.54, 1.807) is 0 Å². The van der Waals surface area contributed by atoms with Crippen molar-refractivity contribution in [1.29, 1.82) is 0 Å². The van der Waals surface area contributed by atoms with Crippen molar-refractivity contribution in [3.8, 4) is 0 Å². The van der Waals surface area contributed by atoms with E-state index in [1.807, 2.05) is 0 Å². The fourth-order valence-electron chi connectivity index (χ4n) is 2.65. The Balaban J connectivity index is 2.06. The van der Waals surface area contributed by atoms with Crippen molar-refractivity contribution in [3.05, 3.63) is 35.9 Å². The Morgan fingerprint density at radius 2 is 1.82 bits per heavy atom. The molecule has 17 heavy (non-hydrogen) atoms. The van der Waals surface area contributed by atoms with Crippen molar-refractivity contribution >= 4 is 0 Å². The first kappa shape index (κ1) is 12.6. The molecule has 2 rings (SSSR count). The van der Waals surface area contributed by atoms with Gasteiger partial charge in [-0.1, -0.05) is 51.1 Å². The number of hydrogen-bond donors (Lipinski definition) is 1. The molecule has 0 amide bonds. The highest BCUT2D eigenvalue weighted by atomic mass is 15.0. The number of rotatable bonds is 6. The third kappa shape index (κ3) is 3.32. The SMILES string of the molecule is CCC(NC(c1ccccc1)C(C)C)C1CC1. The van der Waals surface area contributed by atoms with Crippen LogP contribution in [-0.4, -0.2) is 6.04 Å². The molecule has 1 saturated carbocycles. The van der Waals surface area contributed by atoms with Gasteiger partial charge in [-0.2, -0.15) is 0 Å². The third-order valence-electron chi connectivity index (χ3n) is 3.85. The average molecular weight is 231 g/mol. The molecule has 0 heterocycles. The summed E-state index contributed by atoms with van der Waals surface area (Å²) in [5, 5.41) is 3.88. The molecule has 1 N–H and O–H groups in total. The molecule has 0 aliphatic heterocycles. The first-order valence-electron chi connectivity index (χ1n) is 7.03. The van der Waals surface area contributed by atoms with Gasteiger partial charge in [-0.25, -0.2) is 0 Å². The van der Waals surface area contributed by atoms with Crippen molar-refractivity contribution in [3.63, 3.8) is 0 Å². The lowest BCUT2D eigenvalue weighted by Gasteiger charge is -2.28. The number of nitrogens with one attached hydrogen (secondary N) is 1. The highest BCUT2D eigenvalue weighted by molar-refractivity contribution is 5.19. The van der Waals surface area contributed by atoms with Gasteiger partial charge < -0.3 is 5.32 Å². The Kier molecular flexibility index (Phi) is 4.22. The summed E-state index contributed by atoms with van der Waals surface area (Å²) in [6.07, 6.45) is 4.09. The molecule has 0 bridgehead atoms. The monoisotopic (exact) mass is 231 g/mol. The maximum absolute atomic E-state index is 3.88. The predicted molar refractivity (Wildman–Crippen MR) is 74.0 cm³/mol. The van der Waals surface area contributed by atoms with Crippen molar-refractivity contribution < 1.29 is 0 Å². The molecule has 1 aliphatic rings. The summed E-state index contributed by atoms with van der Waals surface area (Å²) < 4.78 is 0. The summed E-state index contributed by atoms with van der Waals surface area (Å²) in [4.78, 5) is 0. The molecule has 94 valence electrons. The fraction of sp³-hybridized carbons (Fsp3) is 0.625. The van der Waals surface area contributed by atoms with Crippen LogP contribution in [0, 0.1) is 11.8 Å². The van der Waals surface area contributed by atoms with Crippen molar-refractivity contribution in [2.24, 2.45) is 11.8 Å². The zero-order valence-electron chi connectivity index (χ0n) is 11.3. The minimum absolute atomic E-state index is 0.502. The Bertz CT molecular complexity index is 327. The molecule has 0 radical (unpaired) electrons. The molecule has 1 aromatic rings. The van der Waals surface area contributed by atoms with Crippen LogP contribution >= 0.6 is 0 Å². The van der Waals surface area contributed by atoms with Crippen LogP contribution in [0.2, 0.25) is 0 Å². The molecule has 0 spiro atoms. The lowest BCUT2D eigenvalue weighted by Crippen LogP contribution is -2.36. The second kappa shape index (κ2) is 5.68. The van der Waals surface area contributed by atoms with Crippen LogP contribution in [0.25, 0.3) is 0 Å². The van der Waals surface area contributed by atoms with Crippen LogP contribution in [0.5, 0.6) is 0 Å². The van der Waals surface area contributed by atoms with E-state index in [4.69, 9.17) is 0 Å². The van der Waals surface area contributed by atoms with Gasteiger partial charge in [0.1, 0.15) is 0 Å². The molecule has 0 saturated heterocycles. The molecule has 2 unspecified atom stereocenters. The summed E-state index contributed by atoms with van der Waals surface area (Å²) in [7, 11) is 0. The zero-order valence-corrected chi connectivity index (χ0v) is 11.3. The van der Waals surface area contributed by atoms with Gasteiger partial charge in [0.2, 0.25) is 0 Å². The molecular weight excluding hydrogens is 206 g/mol. The van der Waals surface area contributed by atoms with Crippen molar-refractivity contribution in [2.45, 2.75) is 52.1 Å². The third-order valence-corrected chi connectivity index (χ3v) is 3.85. The van der Waals surface area contributed by atoms with E-state index in [9.17, 15) is 0 Å². The van der Waals surface area contributed by atoms with Crippen molar-refractivity contribution in [1.82, 2.24) is 5.32 Å². The van der Waals surface area contributed by atoms with E-state index in [0.717, 1.165) is 5.92 Å². The van der Waals surface area contributed by atoms with E-state index in [2.05, 4.69) is 56.4 Å². The molecule has 2 atom stereocenters. The number of benzene rings is 1. The molecular formula is C16H25N. The Morgan fingerprint density at radius 3 is 2.29 bits per heavy atom. The normalized spacial score (nSPS) is 19.3. The quantitative estimate of drug-likeness (QED) is 0.775. The lowest BCUT2D eigenvalue weighted by atomic mass is 9.94. The first-order chi connectivity index (χ1) is 8.22. The van der Waals surface area contributed by atoms with Gasteiger partial charge in [-0.3, -0.25) is 0 Å². The minimum atomic E-state index is 0.502. The summed E-state index contributed by atoms with van der Waals surface area (Å²) in [6, 6.07) is 12.1. The van der Waals surface area contributed by atoms with Gasteiger partial charge in [-0.15, -0.1) is 0 Å². The van der Waals surface area contributed by atoms with E-state index in [0.29, 0.717) is 18.0 Å². The molecule has 1 aliphatic carbocycles. The molecule has 1 nitrogen and oxygen atoms in total. The summed E-state index contributed by atoms with van der Waals surface area (Å²) >= 11 is 0. The van der Waals surface area contributed by atoms with E-state index >= 15 is 0 Å². The Morgan fingerprint density at radius 1 is 1.18 bits per heavy atom. The minimum Gasteiger partial charge on any atom is -0.307 e. The van der Waals surface area contributed by atoms with Gasteiger partial charge in [0.15, 0.2) is 0 Å². The van der Waals surface area contributed by atoms with Crippen LogP contribution in [-0.2, 0) is 0 Å². The van der Waals surface area contributed by atoms with Crippen LogP contribution in [0.15, 0.2) is 30.3 Å². The summed E-state index contributed by atoms with van der Waals surface area (Å²) in [5.74, 6) is 1.58. The van der Waals surface area contributed by atoms with Gasteiger partial charge in [0.25, 0.3) is 0 Å². The Hall–Kier alpha value is -0.820. The first-order valence-corrected chi connectivity index (χ1v) is 7.03. The lowest BCUT2D eigenvalue weighted by molar-refractivity contribution is 0.331.